The number of likely N-dealkylation sites (tertiary alicyclic amines) is 1. The summed E-state index contributed by atoms with van der Waals surface area (Å²) in [6, 6.07) is 9.55. The lowest BCUT2D eigenvalue weighted by Gasteiger charge is -2.37. The van der Waals surface area contributed by atoms with Gasteiger partial charge in [0.15, 0.2) is 0 Å². The fraction of sp³-hybridized carbons (Fsp3) is 0.667. The summed E-state index contributed by atoms with van der Waals surface area (Å²) in [7, 11) is 2.08. The molecule has 1 aliphatic rings. The molecule has 0 saturated carbocycles. The zero-order valence-electron chi connectivity index (χ0n) is 13.5. The van der Waals surface area contributed by atoms with E-state index in [9.17, 15) is 0 Å². The fourth-order valence-corrected chi connectivity index (χ4v) is 3.55. The van der Waals surface area contributed by atoms with Crippen molar-refractivity contribution in [3.05, 3.63) is 35.4 Å². The van der Waals surface area contributed by atoms with Crippen LogP contribution in [0, 0.1) is 11.8 Å². The monoisotopic (exact) mass is 274 g/mol. The van der Waals surface area contributed by atoms with E-state index < -0.39 is 0 Å². The van der Waals surface area contributed by atoms with E-state index in [1.54, 1.807) is 0 Å². The Morgan fingerprint density at radius 1 is 1.15 bits per heavy atom. The molecule has 1 heterocycles. The molecule has 3 unspecified atom stereocenters. The average Bonchev–Trinajstić information content (AvgIpc) is 2.44. The highest BCUT2D eigenvalue weighted by Crippen LogP contribution is 2.23. The van der Waals surface area contributed by atoms with E-state index in [0.717, 1.165) is 24.8 Å². The van der Waals surface area contributed by atoms with Crippen LogP contribution in [0.5, 0.6) is 0 Å². The van der Waals surface area contributed by atoms with Crippen molar-refractivity contribution in [3.63, 3.8) is 0 Å². The van der Waals surface area contributed by atoms with Gasteiger partial charge in [-0.2, -0.15) is 0 Å². The Kier molecular flexibility index (Phi) is 5.62. The van der Waals surface area contributed by atoms with E-state index in [1.807, 2.05) is 0 Å². The minimum absolute atomic E-state index is 0.443. The maximum atomic E-state index is 3.49. The SMILES string of the molecule is CCc1ccc(C(CN2CC(C)CC(C)C2)NC)cc1. The summed E-state index contributed by atoms with van der Waals surface area (Å²) in [5.41, 5.74) is 2.83. The highest BCUT2D eigenvalue weighted by atomic mass is 15.2. The largest absolute Gasteiger partial charge is 0.312 e. The van der Waals surface area contributed by atoms with E-state index in [-0.39, 0.29) is 0 Å². The molecule has 1 aromatic rings. The number of piperidine rings is 1. The number of rotatable bonds is 5. The predicted octanol–water partition coefficient (Wildman–Crippen LogP) is 3.49. The van der Waals surface area contributed by atoms with Crippen LogP contribution < -0.4 is 5.32 Å². The first-order valence-electron chi connectivity index (χ1n) is 8.10. The summed E-state index contributed by atoms with van der Waals surface area (Å²) in [6.45, 7) is 10.6. The number of hydrogen-bond acceptors (Lipinski definition) is 2. The normalized spacial score (nSPS) is 25.6. The van der Waals surface area contributed by atoms with E-state index >= 15 is 0 Å². The molecule has 0 amide bonds. The smallest absolute Gasteiger partial charge is 0.0446 e. The number of hydrogen-bond donors (Lipinski definition) is 1. The summed E-state index contributed by atoms with van der Waals surface area (Å²) in [4.78, 5) is 2.63. The fourth-order valence-electron chi connectivity index (χ4n) is 3.55. The van der Waals surface area contributed by atoms with Crippen molar-refractivity contribution in [2.75, 3.05) is 26.7 Å². The van der Waals surface area contributed by atoms with Gasteiger partial charge < -0.3 is 10.2 Å². The highest BCUT2D eigenvalue weighted by Gasteiger charge is 2.24. The second-order valence-corrected chi connectivity index (χ2v) is 6.60. The lowest BCUT2D eigenvalue weighted by atomic mass is 9.91. The molecule has 1 fully saturated rings. The van der Waals surface area contributed by atoms with Gasteiger partial charge in [-0.15, -0.1) is 0 Å². The maximum Gasteiger partial charge on any atom is 0.0446 e. The molecule has 0 aliphatic carbocycles. The molecule has 0 aromatic heterocycles. The molecule has 0 spiro atoms. The topological polar surface area (TPSA) is 15.3 Å². The first kappa shape index (κ1) is 15.5. The number of aryl methyl sites for hydroxylation is 1. The van der Waals surface area contributed by atoms with Crippen LogP contribution in [0.25, 0.3) is 0 Å². The van der Waals surface area contributed by atoms with Crippen molar-refractivity contribution in [1.29, 1.82) is 0 Å². The van der Waals surface area contributed by atoms with Gasteiger partial charge in [-0.25, -0.2) is 0 Å². The van der Waals surface area contributed by atoms with Crippen LogP contribution >= 0.6 is 0 Å². The molecule has 1 aliphatic heterocycles. The van der Waals surface area contributed by atoms with Gasteiger partial charge in [0.1, 0.15) is 0 Å². The second-order valence-electron chi connectivity index (χ2n) is 6.60. The Morgan fingerprint density at radius 2 is 1.75 bits per heavy atom. The van der Waals surface area contributed by atoms with Gasteiger partial charge in [0, 0.05) is 25.7 Å². The van der Waals surface area contributed by atoms with Gasteiger partial charge in [-0.05, 0) is 42.9 Å². The van der Waals surface area contributed by atoms with Crippen molar-refractivity contribution in [3.8, 4) is 0 Å². The molecule has 1 saturated heterocycles. The van der Waals surface area contributed by atoms with Crippen LogP contribution in [-0.4, -0.2) is 31.6 Å². The molecule has 2 heteroatoms. The molecule has 0 radical (unpaired) electrons. The van der Waals surface area contributed by atoms with Gasteiger partial charge in [0.05, 0.1) is 0 Å². The molecule has 1 aromatic carbocycles. The van der Waals surface area contributed by atoms with Gasteiger partial charge in [0.25, 0.3) is 0 Å². The summed E-state index contributed by atoms with van der Waals surface area (Å²) >= 11 is 0. The van der Waals surface area contributed by atoms with Crippen molar-refractivity contribution < 1.29 is 0 Å². The van der Waals surface area contributed by atoms with E-state index in [1.165, 1.54) is 30.6 Å². The Balaban J connectivity index is 2.00. The molecule has 2 nitrogen and oxygen atoms in total. The lowest BCUT2D eigenvalue weighted by Crippen LogP contribution is -2.42. The minimum atomic E-state index is 0.443. The van der Waals surface area contributed by atoms with Crippen LogP contribution in [0.1, 0.15) is 44.4 Å². The summed E-state index contributed by atoms with van der Waals surface area (Å²) in [6.07, 6.45) is 2.50. The summed E-state index contributed by atoms with van der Waals surface area (Å²) < 4.78 is 0. The van der Waals surface area contributed by atoms with Crippen molar-refractivity contribution in [2.45, 2.75) is 39.7 Å². The third-order valence-electron chi connectivity index (χ3n) is 4.52. The Labute approximate surface area is 124 Å². The minimum Gasteiger partial charge on any atom is -0.312 e. The highest BCUT2D eigenvalue weighted by molar-refractivity contribution is 5.25. The number of benzene rings is 1. The van der Waals surface area contributed by atoms with Crippen LogP contribution in [-0.2, 0) is 6.42 Å². The maximum absolute atomic E-state index is 3.49. The quantitative estimate of drug-likeness (QED) is 0.884. The number of likely N-dealkylation sites (N-methyl/N-ethyl adjacent to an activating group) is 1. The van der Waals surface area contributed by atoms with Crippen LogP contribution in [0.2, 0.25) is 0 Å². The average molecular weight is 274 g/mol. The van der Waals surface area contributed by atoms with E-state index in [2.05, 4.69) is 62.3 Å². The Hall–Kier alpha value is -0.860. The van der Waals surface area contributed by atoms with E-state index in [0.29, 0.717) is 6.04 Å². The zero-order chi connectivity index (χ0) is 14.5. The molecular weight excluding hydrogens is 244 g/mol. The lowest BCUT2D eigenvalue weighted by molar-refractivity contribution is 0.129. The first-order valence-corrected chi connectivity index (χ1v) is 8.10. The number of nitrogens with zero attached hydrogens (tertiary/aromatic N) is 1. The Morgan fingerprint density at radius 3 is 2.25 bits per heavy atom. The second kappa shape index (κ2) is 7.24. The van der Waals surface area contributed by atoms with Gasteiger partial charge >= 0.3 is 0 Å². The Bertz CT molecular complexity index is 388. The molecular formula is C18H30N2. The molecule has 20 heavy (non-hydrogen) atoms. The number of nitrogens with one attached hydrogen (secondary N) is 1. The standard InChI is InChI=1S/C18H30N2/c1-5-16-6-8-17(9-7-16)18(19-4)13-20-11-14(2)10-15(3)12-20/h6-9,14-15,18-19H,5,10-13H2,1-4H3. The zero-order valence-corrected chi connectivity index (χ0v) is 13.5. The van der Waals surface area contributed by atoms with Gasteiger partial charge in [-0.1, -0.05) is 45.0 Å². The van der Waals surface area contributed by atoms with Crippen LogP contribution in [0.15, 0.2) is 24.3 Å². The van der Waals surface area contributed by atoms with E-state index in [4.69, 9.17) is 0 Å². The van der Waals surface area contributed by atoms with Crippen LogP contribution in [0.3, 0.4) is 0 Å². The van der Waals surface area contributed by atoms with Crippen molar-refractivity contribution >= 4 is 0 Å². The molecule has 112 valence electrons. The molecule has 3 atom stereocenters. The predicted molar refractivity (Wildman–Crippen MR) is 87.0 cm³/mol. The molecule has 0 bridgehead atoms. The van der Waals surface area contributed by atoms with Crippen molar-refractivity contribution in [2.24, 2.45) is 11.8 Å². The van der Waals surface area contributed by atoms with Crippen molar-refractivity contribution in [1.82, 2.24) is 10.2 Å². The molecule has 1 N–H and O–H groups in total. The third kappa shape index (κ3) is 4.07. The van der Waals surface area contributed by atoms with Gasteiger partial charge in [-0.3, -0.25) is 0 Å². The van der Waals surface area contributed by atoms with Gasteiger partial charge in [0.2, 0.25) is 0 Å². The first-order chi connectivity index (χ1) is 9.62. The summed E-state index contributed by atoms with van der Waals surface area (Å²) in [5, 5.41) is 3.49. The molecule has 2 rings (SSSR count). The third-order valence-corrected chi connectivity index (χ3v) is 4.52. The summed E-state index contributed by atoms with van der Waals surface area (Å²) in [5.74, 6) is 1.66. The van der Waals surface area contributed by atoms with Crippen LogP contribution in [0.4, 0.5) is 0 Å².